The fourth-order valence-electron chi connectivity index (χ4n) is 4.74. The number of unbranched alkanes of at least 4 members (excludes halogenated alkanes) is 2. The number of Topliss-reactive ketones (excluding diaryl/α,β-unsaturated/α-hetero) is 2. The summed E-state index contributed by atoms with van der Waals surface area (Å²) in [5.41, 5.74) is -0.640. The van der Waals surface area contributed by atoms with E-state index >= 15 is 0 Å². The van der Waals surface area contributed by atoms with Crippen LogP contribution in [0.5, 0.6) is 0 Å². The highest BCUT2D eigenvalue weighted by molar-refractivity contribution is 5.83. The molecular weight excluding hydrogens is 392 g/mol. The average Bonchev–Trinajstić information content (AvgIpc) is 3.54. The van der Waals surface area contributed by atoms with Crippen LogP contribution in [-0.2, 0) is 9.59 Å². The maximum atomic E-state index is 12.3. The van der Waals surface area contributed by atoms with Crippen LogP contribution in [0, 0.1) is 17.8 Å². The van der Waals surface area contributed by atoms with Gasteiger partial charge < -0.3 is 15.3 Å². The minimum Gasteiger partial charge on any atom is -0.393 e. The molecule has 0 aromatic carbocycles. The summed E-state index contributed by atoms with van der Waals surface area (Å²) in [6.07, 6.45) is 18.5. The molecule has 0 radical (unpaired) electrons. The predicted molar refractivity (Wildman–Crippen MR) is 123 cm³/mol. The quantitative estimate of drug-likeness (QED) is 0.249. The SMILES string of the molecule is CC(O)CCCCC(O)(CC=C[C@H]1CCC(=O)[C@@H]1CC=CCCCC(=O)CO)C1CC1. The molecule has 0 amide bonds. The van der Waals surface area contributed by atoms with E-state index in [1.807, 2.05) is 13.0 Å². The standard InChI is InChI=1S/C26H42O5/c1-20(28)9-6-7-17-26(31,22-14-15-22)18-8-10-21-13-16-25(30)24(21)12-5-3-2-4-11-23(29)19-27/h3,5,8,10,20-22,24,27-28,31H,2,4,6-7,9,11-19H2,1H3/t20?,21-,24+,26?/m0/s1. The molecule has 2 rings (SSSR count). The maximum Gasteiger partial charge on any atom is 0.158 e. The molecule has 5 nitrogen and oxygen atoms in total. The zero-order valence-electron chi connectivity index (χ0n) is 19.2. The van der Waals surface area contributed by atoms with Crippen molar-refractivity contribution in [3.05, 3.63) is 24.3 Å². The summed E-state index contributed by atoms with van der Waals surface area (Å²) >= 11 is 0. The summed E-state index contributed by atoms with van der Waals surface area (Å²) in [7, 11) is 0. The first-order valence-corrected chi connectivity index (χ1v) is 12.2. The summed E-state index contributed by atoms with van der Waals surface area (Å²) < 4.78 is 0. The second-order valence-electron chi connectivity index (χ2n) is 9.68. The van der Waals surface area contributed by atoms with Gasteiger partial charge in [-0.15, -0.1) is 0 Å². The molecule has 5 heteroatoms. The molecular formula is C26H42O5. The molecule has 0 heterocycles. The highest BCUT2D eigenvalue weighted by Crippen LogP contribution is 2.45. The highest BCUT2D eigenvalue weighted by atomic mass is 16.3. The number of carbonyl (C=O) groups is 2. The Bertz CT molecular complexity index is 619. The third kappa shape index (κ3) is 9.38. The number of carbonyl (C=O) groups excluding carboxylic acids is 2. The molecule has 2 aliphatic carbocycles. The first kappa shape index (κ1) is 26.0. The van der Waals surface area contributed by atoms with Crippen molar-refractivity contribution in [1.29, 1.82) is 0 Å². The van der Waals surface area contributed by atoms with Crippen LogP contribution in [0.3, 0.4) is 0 Å². The van der Waals surface area contributed by atoms with Crippen LogP contribution in [0.25, 0.3) is 0 Å². The molecule has 4 atom stereocenters. The number of allylic oxidation sites excluding steroid dienone is 3. The van der Waals surface area contributed by atoms with Gasteiger partial charge in [-0.1, -0.05) is 37.1 Å². The zero-order chi connectivity index (χ0) is 22.7. The van der Waals surface area contributed by atoms with Crippen LogP contribution in [0.2, 0.25) is 0 Å². The molecule has 3 N–H and O–H groups in total. The Morgan fingerprint density at radius 3 is 2.61 bits per heavy atom. The van der Waals surface area contributed by atoms with Gasteiger partial charge in [0.05, 0.1) is 11.7 Å². The van der Waals surface area contributed by atoms with E-state index in [1.54, 1.807) is 0 Å². The predicted octanol–water partition coefficient (Wildman–Crippen LogP) is 4.29. The van der Waals surface area contributed by atoms with E-state index in [0.29, 0.717) is 31.0 Å². The van der Waals surface area contributed by atoms with E-state index in [9.17, 15) is 19.8 Å². The minimum absolute atomic E-state index is 0.0200. The van der Waals surface area contributed by atoms with Crippen LogP contribution in [0.15, 0.2) is 24.3 Å². The lowest BCUT2D eigenvalue weighted by Crippen LogP contribution is -2.30. The second-order valence-corrected chi connectivity index (χ2v) is 9.68. The lowest BCUT2D eigenvalue weighted by atomic mass is 9.86. The molecule has 0 aromatic heterocycles. The van der Waals surface area contributed by atoms with Crippen LogP contribution in [0.4, 0.5) is 0 Å². The first-order valence-electron chi connectivity index (χ1n) is 12.2. The third-order valence-corrected chi connectivity index (χ3v) is 6.89. The Labute approximate surface area is 187 Å². The molecule has 176 valence electrons. The molecule has 0 aliphatic heterocycles. The normalized spacial score (nSPS) is 24.8. The number of ketones is 2. The van der Waals surface area contributed by atoms with Crippen molar-refractivity contribution in [2.45, 2.75) is 102 Å². The van der Waals surface area contributed by atoms with Crippen LogP contribution >= 0.6 is 0 Å². The number of hydrogen-bond acceptors (Lipinski definition) is 5. The largest absolute Gasteiger partial charge is 0.393 e. The highest BCUT2D eigenvalue weighted by Gasteiger charge is 2.42. The molecule has 2 saturated carbocycles. The lowest BCUT2D eigenvalue weighted by Gasteiger charge is -2.27. The molecule has 0 aromatic rings. The van der Waals surface area contributed by atoms with Gasteiger partial charge in [-0.2, -0.15) is 0 Å². The number of rotatable bonds is 16. The molecule has 31 heavy (non-hydrogen) atoms. The Kier molecular flexibility index (Phi) is 11.1. The van der Waals surface area contributed by atoms with E-state index in [1.165, 1.54) is 0 Å². The van der Waals surface area contributed by atoms with Gasteiger partial charge in [0, 0.05) is 18.8 Å². The van der Waals surface area contributed by atoms with Crippen molar-refractivity contribution >= 4 is 11.6 Å². The second kappa shape index (κ2) is 13.3. The van der Waals surface area contributed by atoms with Gasteiger partial charge in [0.2, 0.25) is 0 Å². The Morgan fingerprint density at radius 1 is 1.16 bits per heavy atom. The van der Waals surface area contributed by atoms with Gasteiger partial charge in [-0.25, -0.2) is 0 Å². The van der Waals surface area contributed by atoms with E-state index < -0.39 is 5.60 Å². The van der Waals surface area contributed by atoms with E-state index in [4.69, 9.17) is 5.11 Å². The fourth-order valence-corrected chi connectivity index (χ4v) is 4.74. The fraction of sp³-hybridized carbons (Fsp3) is 0.769. The monoisotopic (exact) mass is 434 g/mol. The van der Waals surface area contributed by atoms with Crippen molar-refractivity contribution in [2.24, 2.45) is 17.8 Å². The van der Waals surface area contributed by atoms with Gasteiger partial charge in [0.1, 0.15) is 12.4 Å². The van der Waals surface area contributed by atoms with Crippen molar-refractivity contribution in [1.82, 2.24) is 0 Å². The van der Waals surface area contributed by atoms with Gasteiger partial charge in [0.15, 0.2) is 5.78 Å². The van der Waals surface area contributed by atoms with Crippen molar-refractivity contribution < 1.29 is 24.9 Å². The smallest absolute Gasteiger partial charge is 0.158 e. The first-order chi connectivity index (χ1) is 14.9. The Balaban J connectivity index is 1.78. The van der Waals surface area contributed by atoms with Crippen molar-refractivity contribution in [3.63, 3.8) is 0 Å². The Morgan fingerprint density at radius 2 is 1.94 bits per heavy atom. The number of aliphatic hydroxyl groups excluding tert-OH is 2. The summed E-state index contributed by atoms with van der Waals surface area (Å²) in [5, 5.41) is 29.3. The number of aliphatic hydroxyl groups is 3. The third-order valence-electron chi connectivity index (χ3n) is 6.89. The summed E-state index contributed by atoms with van der Waals surface area (Å²) in [4.78, 5) is 23.4. The van der Waals surface area contributed by atoms with Crippen LogP contribution in [-0.4, -0.2) is 45.2 Å². The average molecular weight is 435 g/mol. The van der Waals surface area contributed by atoms with Crippen molar-refractivity contribution in [2.75, 3.05) is 6.61 Å². The summed E-state index contributed by atoms with van der Waals surface area (Å²) in [5.74, 6) is 0.854. The molecule has 2 aliphatic rings. The maximum absolute atomic E-state index is 12.3. The number of hydrogen-bond donors (Lipinski definition) is 3. The van der Waals surface area contributed by atoms with Gasteiger partial charge >= 0.3 is 0 Å². The van der Waals surface area contributed by atoms with Crippen LogP contribution in [0.1, 0.15) is 90.4 Å². The topological polar surface area (TPSA) is 94.8 Å². The molecule has 2 fully saturated rings. The van der Waals surface area contributed by atoms with E-state index in [2.05, 4.69) is 18.2 Å². The van der Waals surface area contributed by atoms with Crippen molar-refractivity contribution in [3.8, 4) is 0 Å². The lowest BCUT2D eigenvalue weighted by molar-refractivity contribution is -0.122. The van der Waals surface area contributed by atoms with Crippen LogP contribution < -0.4 is 0 Å². The van der Waals surface area contributed by atoms with Gasteiger partial charge in [-0.05, 0) is 76.5 Å². The summed E-state index contributed by atoms with van der Waals surface area (Å²) in [6, 6.07) is 0. The van der Waals surface area contributed by atoms with E-state index in [0.717, 1.165) is 64.2 Å². The summed E-state index contributed by atoms with van der Waals surface area (Å²) in [6.45, 7) is 1.43. The molecule has 0 bridgehead atoms. The van der Waals surface area contributed by atoms with Gasteiger partial charge in [0.25, 0.3) is 0 Å². The Hall–Kier alpha value is -1.30. The molecule has 0 spiro atoms. The molecule has 0 saturated heterocycles. The van der Waals surface area contributed by atoms with E-state index in [-0.39, 0.29) is 30.3 Å². The molecule has 2 unspecified atom stereocenters. The van der Waals surface area contributed by atoms with Gasteiger partial charge in [-0.3, -0.25) is 9.59 Å². The minimum atomic E-state index is -0.640. The zero-order valence-corrected chi connectivity index (χ0v) is 19.2.